The Bertz CT molecular complexity index is 894. The number of aryl methyl sites for hydroxylation is 1. The van der Waals surface area contributed by atoms with Gasteiger partial charge in [-0.2, -0.15) is 0 Å². The van der Waals surface area contributed by atoms with E-state index in [-0.39, 0.29) is 17.9 Å². The topological polar surface area (TPSA) is 67.9 Å². The van der Waals surface area contributed by atoms with E-state index in [1.165, 1.54) is 0 Å². The lowest BCUT2D eigenvalue weighted by Gasteiger charge is -2.30. The van der Waals surface area contributed by atoms with E-state index >= 15 is 0 Å². The van der Waals surface area contributed by atoms with Crippen LogP contribution in [-0.4, -0.2) is 43.0 Å². The first-order valence-electron chi connectivity index (χ1n) is 11.4. The molecule has 1 aliphatic rings. The smallest absolute Gasteiger partial charge is 0.242 e. The van der Waals surface area contributed by atoms with Gasteiger partial charge in [-0.3, -0.25) is 9.59 Å². The third-order valence-electron chi connectivity index (χ3n) is 6.14. The number of carbonyl (C=O) groups excluding carboxylic acids is 2. The molecule has 0 saturated heterocycles. The summed E-state index contributed by atoms with van der Waals surface area (Å²) in [5.74, 6) is 1.18. The van der Waals surface area contributed by atoms with Gasteiger partial charge in [-0.05, 0) is 49.4 Å². The molecule has 172 valence electrons. The molecule has 2 amide bonds. The van der Waals surface area contributed by atoms with Gasteiger partial charge >= 0.3 is 0 Å². The van der Waals surface area contributed by atoms with Gasteiger partial charge in [-0.15, -0.1) is 0 Å². The second kappa shape index (κ2) is 11.6. The van der Waals surface area contributed by atoms with E-state index in [2.05, 4.69) is 5.32 Å². The zero-order valence-corrected chi connectivity index (χ0v) is 19.3. The van der Waals surface area contributed by atoms with Crippen molar-refractivity contribution in [3.05, 3.63) is 59.7 Å². The van der Waals surface area contributed by atoms with E-state index in [1.54, 1.807) is 19.1 Å². The minimum Gasteiger partial charge on any atom is -0.493 e. The molecule has 1 N–H and O–H groups in total. The zero-order valence-electron chi connectivity index (χ0n) is 19.3. The third kappa shape index (κ3) is 6.25. The third-order valence-corrected chi connectivity index (χ3v) is 6.14. The lowest BCUT2D eigenvalue weighted by Crippen LogP contribution is -2.49. The van der Waals surface area contributed by atoms with Crippen LogP contribution in [0.1, 0.15) is 50.2 Å². The normalized spacial score (nSPS) is 14.6. The SMILES string of the molecule is COc1ccc(CCC(=O)N(Cc2ccccc2)[C@@H](C)C(=O)NC2CCCC2)cc1OC. The van der Waals surface area contributed by atoms with Gasteiger partial charge < -0.3 is 19.7 Å². The van der Waals surface area contributed by atoms with Crippen LogP contribution < -0.4 is 14.8 Å². The monoisotopic (exact) mass is 438 g/mol. The molecule has 1 aliphatic carbocycles. The first-order valence-corrected chi connectivity index (χ1v) is 11.4. The molecule has 1 fully saturated rings. The predicted molar refractivity (Wildman–Crippen MR) is 125 cm³/mol. The van der Waals surface area contributed by atoms with E-state index in [0.717, 1.165) is 36.8 Å². The number of nitrogens with one attached hydrogen (secondary N) is 1. The molecule has 0 spiro atoms. The van der Waals surface area contributed by atoms with Gasteiger partial charge in [0, 0.05) is 19.0 Å². The van der Waals surface area contributed by atoms with Gasteiger partial charge in [-0.25, -0.2) is 0 Å². The Hall–Kier alpha value is -3.02. The summed E-state index contributed by atoms with van der Waals surface area (Å²) in [6, 6.07) is 15.2. The molecule has 0 heterocycles. The molecular weight excluding hydrogens is 404 g/mol. The highest BCUT2D eigenvalue weighted by molar-refractivity contribution is 5.87. The van der Waals surface area contributed by atoms with Crippen LogP contribution >= 0.6 is 0 Å². The van der Waals surface area contributed by atoms with Crippen molar-refractivity contribution >= 4 is 11.8 Å². The maximum Gasteiger partial charge on any atom is 0.242 e. The van der Waals surface area contributed by atoms with Crippen LogP contribution in [-0.2, 0) is 22.6 Å². The fourth-order valence-corrected chi connectivity index (χ4v) is 4.19. The van der Waals surface area contributed by atoms with Crippen LogP contribution in [0.3, 0.4) is 0 Å². The highest BCUT2D eigenvalue weighted by Crippen LogP contribution is 2.28. The highest BCUT2D eigenvalue weighted by Gasteiger charge is 2.28. The number of hydrogen-bond acceptors (Lipinski definition) is 4. The molecule has 0 unspecified atom stereocenters. The van der Waals surface area contributed by atoms with Crippen molar-refractivity contribution < 1.29 is 19.1 Å². The second-order valence-corrected chi connectivity index (χ2v) is 8.36. The molecule has 32 heavy (non-hydrogen) atoms. The molecule has 3 rings (SSSR count). The Labute approximate surface area is 190 Å². The molecule has 0 aromatic heterocycles. The Morgan fingerprint density at radius 1 is 1.00 bits per heavy atom. The van der Waals surface area contributed by atoms with Crippen molar-refractivity contribution in [3.8, 4) is 11.5 Å². The number of ether oxygens (including phenoxy) is 2. The van der Waals surface area contributed by atoms with E-state index in [4.69, 9.17) is 9.47 Å². The molecule has 1 atom stereocenters. The minimum atomic E-state index is -0.534. The van der Waals surface area contributed by atoms with Crippen molar-refractivity contribution in [2.24, 2.45) is 0 Å². The number of benzene rings is 2. The van der Waals surface area contributed by atoms with Crippen LogP contribution in [0.5, 0.6) is 11.5 Å². The van der Waals surface area contributed by atoms with Gasteiger partial charge in [0.2, 0.25) is 11.8 Å². The van der Waals surface area contributed by atoms with E-state index in [1.807, 2.05) is 55.5 Å². The summed E-state index contributed by atoms with van der Waals surface area (Å²) < 4.78 is 10.7. The molecule has 6 nitrogen and oxygen atoms in total. The number of nitrogens with zero attached hydrogens (tertiary/aromatic N) is 1. The zero-order chi connectivity index (χ0) is 22.9. The van der Waals surface area contributed by atoms with Crippen molar-refractivity contribution in [2.45, 2.75) is 64.1 Å². The van der Waals surface area contributed by atoms with Crippen molar-refractivity contribution in [1.82, 2.24) is 10.2 Å². The van der Waals surface area contributed by atoms with Crippen LogP contribution in [0, 0.1) is 0 Å². The molecule has 6 heteroatoms. The highest BCUT2D eigenvalue weighted by atomic mass is 16.5. The first-order chi connectivity index (χ1) is 15.5. The summed E-state index contributed by atoms with van der Waals surface area (Å²) in [4.78, 5) is 27.9. The lowest BCUT2D eigenvalue weighted by atomic mass is 10.1. The minimum absolute atomic E-state index is 0.0438. The van der Waals surface area contributed by atoms with Crippen LogP contribution in [0.4, 0.5) is 0 Å². The summed E-state index contributed by atoms with van der Waals surface area (Å²) in [5, 5.41) is 3.14. The Morgan fingerprint density at radius 3 is 2.34 bits per heavy atom. The van der Waals surface area contributed by atoms with Gasteiger partial charge in [0.15, 0.2) is 11.5 Å². The molecule has 0 aliphatic heterocycles. The number of hydrogen-bond donors (Lipinski definition) is 1. The molecule has 0 radical (unpaired) electrons. The maximum absolute atomic E-state index is 13.3. The fourth-order valence-electron chi connectivity index (χ4n) is 4.19. The van der Waals surface area contributed by atoms with Crippen molar-refractivity contribution in [3.63, 3.8) is 0 Å². The Morgan fingerprint density at radius 2 is 1.69 bits per heavy atom. The lowest BCUT2D eigenvalue weighted by molar-refractivity contribution is -0.140. The van der Waals surface area contributed by atoms with E-state index in [0.29, 0.717) is 30.9 Å². The summed E-state index contributed by atoms with van der Waals surface area (Å²) in [6.45, 7) is 2.23. The molecule has 0 bridgehead atoms. The Kier molecular flexibility index (Phi) is 8.54. The first kappa shape index (κ1) is 23.6. The molecule has 1 saturated carbocycles. The molecule has 2 aromatic rings. The quantitative estimate of drug-likeness (QED) is 0.606. The number of methoxy groups -OCH3 is 2. The number of rotatable bonds is 10. The van der Waals surface area contributed by atoms with Gasteiger partial charge in [0.1, 0.15) is 6.04 Å². The van der Waals surface area contributed by atoms with Crippen LogP contribution in [0.25, 0.3) is 0 Å². The van der Waals surface area contributed by atoms with Crippen molar-refractivity contribution in [2.75, 3.05) is 14.2 Å². The maximum atomic E-state index is 13.3. The van der Waals surface area contributed by atoms with Crippen LogP contribution in [0.15, 0.2) is 48.5 Å². The summed E-state index contributed by atoms with van der Waals surface area (Å²) in [7, 11) is 3.19. The standard InChI is InChI=1S/C26H34N2O4/c1-19(26(30)27-22-11-7-8-12-22)28(18-21-9-5-4-6-10-21)25(29)16-14-20-13-15-23(31-2)24(17-20)32-3/h4-6,9-10,13,15,17,19,22H,7-8,11-12,14,16,18H2,1-3H3,(H,27,30)/t19-/m0/s1. The van der Waals surface area contributed by atoms with E-state index < -0.39 is 6.04 Å². The fraction of sp³-hybridized carbons (Fsp3) is 0.462. The average molecular weight is 439 g/mol. The van der Waals surface area contributed by atoms with Gasteiger partial charge in [0.25, 0.3) is 0 Å². The largest absolute Gasteiger partial charge is 0.493 e. The second-order valence-electron chi connectivity index (χ2n) is 8.36. The number of amides is 2. The molecular formula is C26H34N2O4. The van der Waals surface area contributed by atoms with Crippen molar-refractivity contribution in [1.29, 1.82) is 0 Å². The average Bonchev–Trinajstić information content (AvgIpc) is 3.34. The summed E-state index contributed by atoms with van der Waals surface area (Å²) in [6.07, 6.45) is 5.20. The summed E-state index contributed by atoms with van der Waals surface area (Å²) >= 11 is 0. The van der Waals surface area contributed by atoms with Gasteiger partial charge in [-0.1, -0.05) is 49.2 Å². The van der Waals surface area contributed by atoms with Gasteiger partial charge in [0.05, 0.1) is 14.2 Å². The Balaban J connectivity index is 1.70. The predicted octanol–water partition coefficient (Wildman–Crippen LogP) is 4.11. The number of carbonyl (C=O) groups is 2. The summed E-state index contributed by atoms with van der Waals surface area (Å²) in [5.41, 5.74) is 1.99. The van der Waals surface area contributed by atoms with E-state index in [9.17, 15) is 9.59 Å². The van der Waals surface area contributed by atoms with Crippen LogP contribution in [0.2, 0.25) is 0 Å². The molecule has 2 aromatic carbocycles.